The van der Waals surface area contributed by atoms with Crippen LogP contribution in [0.1, 0.15) is 32.4 Å². The van der Waals surface area contributed by atoms with Crippen molar-refractivity contribution in [1.29, 1.82) is 0 Å². The first-order valence-electron chi connectivity index (χ1n) is 7.01. The first kappa shape index (κ1) is 14.1. The number of hydrogen-bond donors (Lipinski definition) is 1. The van der Waals surface area contributed by atoms with Gasteiger partial charge in [0.25, 0.3) is 0 Å². The minimum absolute atomic E-state index is 0.129. The van der Waals surface area contributed by atoms with Crippen molar-refractivity contribution in [3.8, 4) is 5.88 Å². The van der Waals surface area contributed by atoms with Crippen molar-refractivity contribution >= 4 is 5.95 Å². The van der Waals surface area contributed by atoms with Gasteiger partial charge in [-0.05, 0) is 40.2 Å². The summed E-state index contributed by atoms with van der Waals surface area (Å²) in [4.78, 5) is 11.1. The Morgan fingerprint density at radius 2 is 2.26 bits per heavy atom. The molecule has 2 heterocycles. The van der Waals surface area contributed by atoms with Crippen LogP contribution in [0, 0.1) is 6.92 Å². The Labute approximate surface area is 115 Å². The zero-order chi connectivity index (χ0) is 13.8. The van der Waals surface area contributed by atoms with E-state index in [4.69, 9.17) is 4.74 Å². The highest BCUT2D eigenvalue weighted by atomic mass is 16.5. The number of anilines is 1. The maximum absolute atomic E-state index is 5.66. The highest BCUT2D eigenvalue weighted by Gasteiger charge is 2.18. The molecule has 1 fully saturated rings. The van der Waals surface area contributed by atoms with Crippen LogP contribution in [0.25, 0.3) is 0 Å². The van der Waals surface area contributed by atoms with E-state index in [1.807, 2.05) is 33.9 Å². The van der Waals surface area contributed by atoms with Gasteiger partial charge >= 0.3 is 0 Å². The molecule has 0 aliphatic carbocycles. The number of likely N-dealkylation sites (N-methyl/N-ethyl adjacent to an activating group) is 1. The summed E-state index contributed by atoms with van der Waals surface area (Å²) in [7, 11) is 2.04. The minimum Gasteiger partial charge on any atom is -0.475 e. The van der Waals surface area contributed by atoms with Crippen molar-refractivity contribution in [3.63, 3.8) is 0 Å². The molecule has 19 heavy (non-hydrogen) atoms. The first-order valence-corrected chi connectivity index (χ1v) is 7.01. The van der Waals surface area contributed by atoms with E-state index >= 15 is 0 Å². The highest BCUT2D eigenvalue weighted by Crippen LogP contribution is 2.17. The van der Waals surface area contributed by atoms with E-state index in [2.05, 4.69) is 20.2 Å². The van der Waals surface area contributed by atoms with E-state index in [1.165, 1.54) is 12.8 Å². The molecular weight excluding hydrogens is 240 g/mol. The molecule has 0 spiro atoms. The molecule has 0 amide bonds. The Kier molecular flexibility index (Phi) is 4.58. The Morgan fingerprint density at radius 1 is 1.47 bits per heavy atom. The van der Waals surface area contributed by atoms with E-state index in [0.717, 1.165) is 24.7 Å². The predicted molar refractivity (Wildman–Crippen MR) is 76.8 cm³/mol. The summed E-state index contributed by atoms with van der Waals surface area (Å²) >= 11 is 0. The molecule has 106 valence electrons. The van der Waals surface area contributed by atoms with E-state index in [0.29, 0.717) is 11.9 Å². The van der Waals surface area contributed by atoms with Gasteiger partial charge in [0, 0.05) is 31.4 Å². The van der Waals surface area contributed by atoms with Gasteiger partial charge in [-0.15, -0.1) is 0 Å². The lowest BCUT2D eigenvalue weighted by molar-refractivity contribution is 0.232. The molecule has 2 rings (SSSR count). The molecule has 1 N–H and O–H groups in total. The zero-order valence-electron chi connectivity index (χ0n) is 12.3. The van der Waals surface area contributed by atoms with E-state index in [9.17, 15) is 0 Å². The third-order valence-electron chi connectivity index (χ3n) is 3.17. The number of aromatic nitrogens is 2. The van der Waals surface area contributed by atoms with Gasteiger partial charge in [0.2, 0.25) is 11.8 Å². The van der Waals surface area contributed by atoms with Gasteiger partial charge in [0.05, 0.1) is 6.10 Å². The summed E-state index contributed by atoms with van der Waals surface area (Å²) in [6.45, 7) is 8.03. The minimum atomic E-state index is 0.129. The summed E-state index contributed by atoms with van der Waals surface area (Å²) in [5.41, 5.74) is 0.937. The molecule has 1 atom stereocenters. The maximum atomic E-state index is 5.66. The third-order valence-corrected chi connectivity index (χ3v) is 3.17. The van der Waals surface area contributed by atoms with Gasteiger partial charge in [-0.1, -0.05) is 0 Å². The molecular formula is C14H24N4O. The molecule has 5 nitrogen and oxygen atoms in total. The lowest BCUT2D eigenvalue weighted by Crippen LogP contribution is -2.36. The molecule has 0 saturated carbocycles. The number of nitrogens with zero attached hydrogens (tertiary/aromatic N) is 3. The van der Waals surface area contributed by atoms with Gasteiger partial charge in [-0.25, -0.2) is 4.98 Å². The fourth-order valence-corrected chi connectivity index (χ4v) is 2.32. The maximum Gasteiger partial charge on any atom is 0.228 e. The predicted octanol–water partition coefficient (Wildman–Crippen LogP) is 1.76. The molecule has 0 radical (unpaired) electrons. The first-order chi connectivity index (χ1) is 9.04. The van der Waals surface area contributed by atoms with Crippen LogP contribution >= 0.6 is 0 Å². The van der Waals surface area contributed by atoms with Crippen LogP contribution < -0.4 is 15.0 Å². The average molecular weight is 264 g/mol. The Hall–Kier alpha value is -1.36. The summed E-state index contributed by atoms with van der Waals surface area (Å²) in [5.74, 6) is 1.40. The van der Waals surface area contributed by atoms with E-state index in [1.54, 1.807) is 0 Å². The van der Waals surface area contributed by atoms with Crippen LogP contribution in [-0.4, -0.2) is 42.3 Å². The Bertz CT molecular complexity index is 416. The Balaban J connectivity index is 2.06. The average Bonchev–Trinajstić information content (AvgIpc) is 2.80. The zero-order valence-corrected chi connectivity index (χ0v) is 12.3. The van der Waals surface area contributed by atoms with E-state index in [-0.39, 0.29) is 6.10 Å². The van der Waals surface area contributed by atoms with Crippen molar-refractivity contribution in [2.24, 2.45) is 0 Å². The summed E-state index contributed by atoms with van der Waals surface area (Å²) in [6, 6.07) is 2.43. The fraction of sp³-hybridized carbons (Fsp3) is 0.714. The molecule has 1 saturated heterocycles. The van der Waals surface area contributed by atoms with Gasteiger partial charge < -0.3 is 15.0 Å². The van der Waals surface area contributed by atoms with Crippen LogP contribution in [0.5, 0.6) is 5.88 Å². The van der Waals surface area contributed by atoms with Gasteiger partial charge in [0.1, 0.15) is 0 Å². The smallest absolute Gasteiger partial charge is 0.228 e. The normalized spacial score (nSPS) is 18.9. The van der Waals surface area contributed by atoms with Crippen molar-refractivity contribution < 1.29 is 4.74 Å². The second kappa shape index (κ2) is 6.19. The van der Waals surface area contributed by atoms with Crippen LogP contribution in [0.2, 0.25) is 0 Å². The molecule has 1 aromatic rings. The van der Waals surface area contributed by atoms with Crippen LogP contribution in [0.3, 0.4) is 0 Å². The van der Waals surface area contributed by atoms with Crippen molar-refractivity contribution in [2.75, 3.05) is 25.0 Å². The van der Waals surface area contributed by atoms with Gasteiger partial charge in [-0.3, -0.25) is 0 Å². The molecule has 0 aromatic carbocycles. The standard InChI is InChI=1S/C14H24N4O/c1-10(2)19-13-8-11(3)16-14(17-13)18(4)9-12-6-5-7-15-12/h8,10,12,15H,5-7,9H2,1-4H3. The molecule has 1 aliphatic heterocycles. The summed E-state index contributed by atoms with van der Waals surface area (Å²) in [6.07, 6.45) is 2.62. The second-order valence-electron chi connectivity index (χ2n) is 5.49. The Morgan fingerprint density at radius 3 is 2.89 bits per heavy atom. The summed E-state index contributed by atoms with van der Waals surface area (Å²) in [5, 5.41) is 3.49. The topological polar surface area (TPSA) is 50.3 Å². The second-order valence-corrected chi connectivity index (χ2v) is 5.49. The quantitative estimate of drug-likeness (QED) is 0.878. The molecule has 0 bridgehead atoms. The molecule has 5 heteroatoms. The van der Waals surface area contributed by atoms with E-state index < -0.39 is 0 Å². The highest BCUT2D eigenvalue weighted by molar-refractivity contribution is 5.33. The number of nitrogens with one attached hydrogen (secondary N) is 1. The lowest BCUT2D eigenvalue weighted by Gasteiger charge is -2.22. The van der Waals surface area contributed by atoms with Crippen LogP contribution in [0.15, 0.2) is 6.07 Å². The lowest BCUT2D eigenvalue weighted by atomic mass is 10.2. The SMILES string of the molecule is Cc1cc(OC(C)C)nc(N(C)CC2CCCN2)n1. The van der Waals surface area contributed by atoms with Crippen LogP contribution in [-0.2, 0) is 0 Å². The molecule has 1 unspecified atom stereocenters. The van der Waals surface area contributed by atoms with Crippen molar-refractivity contribution in [3.05, 3.63) is 11.8 Å². The number of hydrogen-bond acceptors (Lipinski definition) is 5. The monoisotopic (exact) mass is 264 g/mol. The number of ether oxygens (including phenoxy) is 1. The van der Waals surface area contributed by atoms with Crippen LogP contribution in [0.4, 0.5) is 5.95 Å². The van der Waals surface area contributed by atoms with Gasteiger partial charge in [0.15, 0.2) is 0 Å². The number of aryl methyl sites for hydroxylation is 1. The molecule has 1 aliphatic rings. The third kappa shape index (κ3) is 4.06. The van der Waals surface area contributed by atoms with Crippen molar-refractivity contribution in [2.45, 2.75) is 45.8 Å². The van der Waals surface area contributed by atoms with Gasteiger partial charge in [-0.2, -0.15) is 4.98 Å². The number of rotatable bonds is 5. The summed E-state index contributed by atoms with van der Waals surface area (Å²) < 4.78 is 5.66. The van der Waals surface area contributed by atoms with Crippen molar-refractivity contribution in [1.82, 2.24) is 15.3 Å². The molecule has 1 aromatic heterocycles. The largest absolute Gasteiger partial charge is 0.475 e. The fourth-order valence-electron chi connectivity index (χ4n) is 2.32.